The van der Waals surface area contributed by atoms with Crippen molar-refractivity contribution in [2.75, 3.05) is 0 Å². The first-order chi connectivity index (χ1) is 14.3. The highest BCUT2D eigenvalue weighted by atomic mass is 32.2. The lowest BCUT2D eigenvalue weighted by molar-refractivity contribution is 0.391. The van der Waals surface area contributed by atoms with Crippen molar-refractivity contribution in [1.82, 2.24) is 24.9 Å². The Labute approximate surface area is 173 Å². The second-order valence-electron chi connectivity index (χ2n) is 7.22. The Morgan fingerprint density at radius 3 is 2.66 bits per heavy atom. The Morgan fingerprint density at radius 1 is 0.966 bits per heavy atom. The van der Waals surface area contributed by atoms with Crippen LogP contribution in [0.15, 0.2) is 58.2 Å². The van der Waals surface area contributed by atoms with E-state index < -0.39 is 0 Å². The lowest BCUT2D eigenvalue weighted by Crippen LogP contribution is -2.03. The Hall–Kier alpha value is -2.93. The monoisotopic (exact) mass is 403 g/mol. The van der Waals surface area contributed by atoms with Crippen molar-refractivity contribution in [1.29, 1.82) is 0 Å². The fourth-order valence-electron chi connectivity index (χ4n) is 3.71. The SMILES string of the molecule is Cn1c(SCc2nc(-c3ccccc3)no2)nnc1-c1ccc2c(c1)CCCC2. The summed E-state index contributed by atoms with van der Waals surface area (Å²) in [4.78, 5) is 4.48. The zero-order valence-corrected chi connectivity index (χ0v) is 17.0. The molecule has 7 heteroatoms. The Balaban J connectivity index is 1.31. The van der Waals surface area contributed by atoms with Crippen LogP contribution in [0.5, 0.6) is 0 Å². The van der Waals surface area contributed by atoms with E-state index in [0.717, 1.165) is 28.5 Å². The minimum Gasteiger partial charge on any atom is -0.338 e. The molecular weight excluding hydrogens is 382 g/mol. The molecule has 0 N–H and O–H groups in total. The van der Waals surface area contributed by atoms with Crippen LogP contribution in [0, 0.1) is 0 Å². The fraction of sp³-hybridized carbons (Fsp3) is 0.273. The second-order valence-corrected chi connectivity index (χ2v) is 8.16. The third kappa shape index (κ3) is 3.70. The minimum absolute atomic E-state index is 0.552. The zero-order valence-electron chi connectivity index (χ0n) is 16.2. The van der Waals surface area contributed by atoms with Crippen molar-refractivity contribution < 1.29 is 4.52 Å². The molecule has 0 saturated heterocycles. The third-order valence-corrected chi connectivity index (χ3v) is 6.27. The van der Waals surface area contributed by atoms with E-state index in [1.807, 2.05) is 41.9 Å². The van der Waals surface area contributed by atoms with Crippen LogP contribution < -0.4 is 0 Å². The van der Waals surface area contributed by atoms with Crippen molar-refractivity contribution in [3.63, 3.8) is 0 Å². The Kier molecular flexibility index (Phi) is 4.89. The van der Waals surface area contributed by atoms with E-state index in [1.165, 1.54) is 30.4 Å². The molecule has 6 nitrogen and oxygen atoms in total. The van der Waals surface area contributed by atoms with Gasteiger partial charge in [-0.25, -0.2) is 0 Å². The molecule has 0 bridgehead atoms. The molecule has 146 valence electrons. The predicted octanol–water partition coefficient (Wildman–Crippen LogP) is 4.70. The molecule has 2 aromatic carbocycles. The van der Waals surface area contributed by atoms with E-state index in [-0.39, 0.29) is 0 Å². The molecule has 4 aromatic rings. The summed E-state index contributed by atoms with van der Waals surface area (Å²) in [5, 5.41) is 13.7. The normalized spacial score (nSPS) is 13.4. The van der Waals surface area contributed by atoms with Crippen LogP contribution in [0.1, 0.15) is 29.9 Å². The van der Waals surface area contributed by atoms with Gasteiger partial charge in [0.15, 0.2) is 11.0 Å². The molecule has 0 unspecified atom stereocenters. The van der Waals surface area contributed by atoms with Crippen molar-refractivity contribution >= 4 is 11.8 Å². The van der Waals surface area contributed by atoms with Crippen molar-refractivity contribution in [2.24, 2.45) is 7.05 Å². The molecule has 2 heterocycles. The van der Waals surface area contributed by atoms with Crippen LogP contribution in [0.25, 0.3) is 22.8 Å². The lowest BCUT2D eigenvalue weighted by atomic mass is 9.90. The summed E-state index contributed by atoms with van der Waals surface area (Å²) in [6.45, 7) is 0. The average molecular weight is 404 g/mol. The maximum absolute atomic E-state index is 5.39. The summed E-state index contributed by atoms with van der Waals surface area (Å²) in [5.41, 5.74) is 4.99. The number of fused-ring (bicyclic) bond motifs is 1. The highest BCUT2D eigenvalue weighted by molar-refractivity contribution is 7.98. The van der Waals surface area contributed by atoms with Gasteiger partial charge >= 0.3 is 0 Å². The zero-order chi connectivity index (χ0) is 19.6. The lowest BCUT2D eigenvalue weighted by Gasteiger charge is -2.16. The number of benzene rings is 2. The summed E-state index contributed by atoms with van der Waals surface area (Å²) < 4.78 is 7.43. The maximum Gasteiger partial charge on any atom is 0.237 e. The number of thioether (sulfide) groups is 1. The molecule has 0 aliphatic heterocycles. The van der Waals surface area contributed by atoms with Gasteiger partial charge in [0.1, 0.15) is 0 Å². The minimum atomic E-state index is 0.552. The number of aryl methyl sites for hydroxylation is 2. The van der Waals surface area contributed by atoms with E-state index in [2.05, 4.69) is 38.5 Å². The van der Waals surface area contributed by atoms with E-state index >= 15 is 0 Å². The number of nitrogens with zero attached hydrogens (tertiary/aromatic N) is 5. The van der Waals surface area contributed by atoms with Gasteiger partial charge in [0.25, 0.3) is 0 Å². The molecule has 5 rings (SSSR count). The van der Waals surface area contributed by atoms with E-state index in [4.69, 9.17) is 4.52 Å². The summed E-state index contributed by atoms with van der Waals surface area (Å²) >= 11 is 1.55. The van der Waals surface area contributed by atoms with Crippen LogP contribution in [0.3, 0.4) is 0 Å². The first-order valence-electron chi connectivity index (χ1n) is 9.80. The van der Waals surface area contributed by atoms with Crippen LogP contribution in [-0.2, 0) is 25.6 Å². The van der Waals surface area contributed by atoms with Crippen LogP contribution >= 0.6 is 11.8 Å². The van der Waals surface area contributed by atoms with Gasteiger partial charge in [-0.15, -0.1) is 10.2 Å². The van der Waals surface area contributed by atoms with Crippen molar-refractivity contribution in [3.05, 3.63) is 65.5 Å². The molecule has 0 fully saturated rings. The molecule has 1 aliphatic carbocycles. The molecule has 0 amide bonds. The molecule has 1 aliphatic rings. The van der Waals surface area contributed by atoms with Gasteiger partial charge in [0, 0.05) is 18.2 Å². The van der Waals surface area contributed by atoms with Crippen molar-refractivity contribution in [2.45, 2.75) is 36.6 Å². The number of hydrogen-bond acceptors (Lipinski definition) is 6. The average Bonchev–Trinajstić information content (AvgIpc) is 3.39. The van der Waals surface area contributed by atoms with Crippen LogP contribution in [0.4, 0.5) is 0 Å². The third-order valence-electron chi connectivity index (χ3n) is 5.27. The summed E-state index contributed by atoms with van der Waals surface area (Å²) in [7, 11) is 2.00. The molecule has 29 heavy (non-hydrogen) atoms. The summed E-state index contributed by atoms with van der Waals surface area (Å²) in [6, 6.07) is 16.5. The van der Waals surface area contributed by atoms with Crippen molar-refractivity contribution in [3.8, 4) is 22.8 Å². The van der Waals surface area contributed by atoms with Gasteiger partial charge in [0.05, 0.1) is 5.75 Å². The molecule has 0 spiro atoms. The number of hydrogen-bond donors (Lipinski definition) is 0. The van der Waals surface area contributed by atoms with E-state index in [9.17, 15) is 0 Å². The molecule has 2 aromatic heterocycles. The van der Waals surface area contributed by atoms with Gasteiger partial charge in [0.2, 0.25) is 11.7 Å². The quantitative estimate of drug-likeness (QED) is 0.450. The van der Waals surface area contributed by atoms with Gasteiger partial charge in [-0.3, -0.25) is 0 Å². The predicted molar refractivity (Wildman–Crippen MR) is 112 cm³/mol. The van der Waals surface area contributed by atoms with Crippen LogP contribution in [0.2, 0.25) is 0 Å². The highest BCUT2D eigenvalue weighted by Crippen LogP contribution is 2.29. The molecule has 0 atom stereocenters. The summed E-state index contributed by atoms with van der Waals surface area (Å²) in [5.74, 6) is 2.62. The Bertz CT molecular complexity index is 1140. The van der Waals surface area contributed by atoms with E-state index in [0.29, 0.717) is 17.5 Å². The second kappa shape index (κ2) is 7.83. The standard InChI is InChI=1S/C22H21N5OS/c1-27-21(18-12-11-15-7-5-6-10-17(15)13-18)24-25-22(27)29-14-19-23-20(26-28-19)16-8-3-2-4-9-16/h2-4,8-9,11-13H,5-7,10,14H2,1H3. The van der Waals surface area contributed by atoms with Gasteiger partial charge in [-0.1, -0.05) is 59.4 Å². The van der Waals surface area contributed by atoms with Gasteiger partial charge < -0.3 is 9.09 Å². The van der Waals surface area contributed by atoms with Crippen LogP contribution in [-0.4, -0.2) is 24.9 Å². The number of aromatic nitrogens is 5. The summed E-state index contributed by atoms with van der Waals surface area (Å²) in [6.07, 6.45) is 4.90. The molecule has 0 radical (unpaired) electrons. The molecular formula is C22H21N5OS. The highest BCUT2D eigenvalue weighted by Gasteiger charge is 2.16. The topological polar surface area (TPSA) is 69.6 Å². The fourth-order valence-corrected chi connectivity index (χ4v) is 4.46. The van der Waals surface area contributed by atoms with Gasteiger partial charge in [-0.05, 0) is 42.9 Å². The number of rotatable bonds is 5. The largest absolute Gasteiger partial charge is 0.338 e. The maximum atomic E-state index is 5.39. The van der Waals surface area contributed by atoms with E-state index in [1.54, 1.807) is 11.8 Å². The first kappa shape index (κ1) is 18.1. The molecule has 0 saturated carbocycles. The Morgan fingerprint density at radius 2 is 1.79 bits per heavy atom. The first-order valence-corrected chi connectivity index (χ1v) is 10.8. The van der Waals surface area contributed by atoms with Gasteiger partial charge in [-0.2, -0.15) is 4.98 Å². The smallest absolute Gasteiger partial charge is 0.237 e.